The maximum atomic E-state index is 6.00. The molecule has 4 rings (SSSR count). The van der Waals surface area contributed by atoms with Crippen LogP contribution in [-0.2, 0) is 13.2 Å². The van der Waals surface area contributed by atoms with Crippen LogP contribution in [0.15, 0.2) is 72.4 Å². The van der Waals surface area contributed by atoms with Crippen molar-refractivity contribution in [3.8, 4) is 5.88 Å². The number of hydrogen-bond acceptors (Lipinski definition) is 4. The molecule has 1 aliphatic heterocycles. The van der Waals surface area contributed by atoms with Gasteiger partial charge in [-0.05, 0) is 24.0 Å². The third kappa shape index (κ3) is 5.99. The van der Waals surface area contributed by atoms with Crippen LogP contribution in [0, 0.1) is 5.92 Å². The van der Waals surface area contributed by atoms with Crippen LogP contribution in [0.3, 0.4) is 0 Å². The Hall–Kier alpha value is -2.62. The molecule has 170 valence electrons. The molecule has 0 bridgehead atoms. The Morgan fingerprint density at radius 3 is 2.78 bits per heavy atom. The number of halogens is 1. The van der Waals surface area contributed by atoms with E-state index in [9.17, 15) is 0 Å². The number of aliphatic imine (C=N–C) groups is 1. The summed E-state index contributed by atoms with van der Waals surface area (Å²) in [6.07, 6.45) is 8.68. The van der Waals surface area contributed by atoms with E-state index in [0.717, 1.165) is 36.6 Å². The third-order valence-corrected chi connectivity index (χ3v) is 5.84. The van der Waals surface area contributed by atoms with Gasteiger partial charge in [-0.2, -0.15) is 0 Å². The Morgan fingerprint density at radius 1 is 1.19 bits per heavy atom. The van der Waals surface area contributed by atoms with Gasteiger partial charge in [-0.1, -0.05) is 43.3 Å². The van der Waals surface area contributed by atoms with Crippen LogP contribution in [0.2, 0.25) is 0 Å². The molecule has 3 heterocycles. The van der Waals surface area contributed by atoms with E-state index in [1.165, 1.54) is 0 Å². The van der Waals surface area contributed by atoms with Crippen molar-refractivity contribution in [1.82, 2.24) is 24.8 Å². The Kier molecular flexibility index (Phi) is 8.90. The maximum Gasteiger partial charge on any atom is 0.218 e. The number of rotatable bonds is 6. The molecular formula is C24H31IN6O. The SMILES string of the molecule is CN=C(NCc1cccnc1OCc1ccccc1)N1CCC(C)C(n2ccnc2)C1.I. The molecule has 1 N–H and O–H groups in total. The van der Waals surface area contributed by atoms with Crippen molar-refractivity contribution in [2.24, 2.45) is 10.9 Å². The van der Waals surface area contributed by atoms with E-state index >= 15 is 0 Å². The molecule has 0 radical (unpaired) electrons. The van der Waals surface area contributed by atoms with Gasteiger partial charge in [-0.25, -0.2) is 9.97 Å². The van der Waals surface area contributed by atoms with Gasteiger partial charge in [0.1, 0.15) is 6.61 Å². The van der Waals surface area contributed by atoms with Crippen LogP contribution in [0.4, 0.5) is 0 Å². The van der Waals surface area contributed by atoms with Crippen molar-refractivity contribution in [2.75, 3.05) is 20.1 Å². The Labute approximate surface area is 207 Å². The van der Waals surface area contributed by atoms with Crippen LogP contribution in [0.25, 0.3) is 0 Å². The molecule has 0 aliphatic carbocycles. The molecule has 0 amide bonds. The van der Waals surface area contributed by atoms with Gasteiger partial charge >= 0.3 is 0 Å². The van der Waals surface area contributed by atoms with Gasteiger partial charge in [0, 0.05) is 50.8 Å². The summed E-state index contributed by atoms with van der Waals surface area (Å²) in [7, 11) is 1.84. The number of pyridine rings is 1. The number of nitrogens with one attached hydrogen (secondary N) is 1. The molecule has 1 aromatic carbocycles. The molecule has 1 fully saturated rings. The predicted octanol–water partition coefficient (Wildman–Crippen LogP) is 4.13. The number of aromatic nitrogens is 3. The van der Waals surface area contributed by atoms with E-state index in [0.29, 0.717) is 31.0 Å². The van der Waals surface area contributed by atoms with E-state index < -0.39 is 0 Å². The first kappa shape index (κ1) is 24.0. The van der Waals surface area contributed by atoms with Gasteiger partial charge < -0.3 is 19.5 Å². The highest BCUT2D eigenvalue weighted by atomic mass is 127. The number of ether oxygens (including phenoxy) is 1. The zero-order valence-corrected chi connectivity index (χ0v) is 20.9. The second kappa shape index (κ2) is 11.8. The van der Waals surface area contributed by atoms with Crippen LogP contribution < -0.4 is 10.1 Å². The minimum atomic E-state index is 0. The van der Waals surface area contributed by atoms with Crippen molar-refractivity contribution in [3.63, 3.8) is 0 Å². The van der Waals surface area contributed by atoms with Crippen LogP contribution >= 0.6 is 24.0 Å². The lowest BCUT2D eigenvalue weighted by atomic mass is 9.93. The molecule has 7 nitrogen and oxygen atoms in total. The van der Waals surface area contributed by atoms with Gasteiger partial charge in [0.25, 0.3) is 0 Å². The maximum absolute atomic E-state index is 6.00. The average Bonchev–Trinajstić information content (AvgIpc) is 3.35. The van der Waals surface area contributed by atoms with Crippen molar-refractivity contribution >= 4 is 29.9 Å². The Balaban J connectivity index is 0.00000289. The predicted molar refractivity (Wildman–Crippen MR) is 137 cm³/mol. The van der Waals surface area contributed by atoms with Crippen molar-refractivity contribution in [2.45, 2.75) is 32.5 Å². The summed E-state index contributed by atoms with van der Waals surface area (Å²) >= 11 is 0. The van der Waals surface area contributed by atoms with Crippen LogP contribution in [0.1, 0.15) is 30.5 Å². The number of benzene rings is 1. The van der Waals surface area contributed by atoms with E-state index in [-0.39, 0.29) is 24.0 Å². The number of piperidine rings is 1. The monoisotopic (exact) mass is 546 g/mol. The summed E-state index contributed by atoms with van der Waals surface area (Å²) in [5, 5.41) is 3.51. The van der Waals surface area contributed by atoms with Gasteiger partial charge in [0.05, 0.1) is 12.4 Å². The topological polar surface area (TPSA) is 67.6 Å². The van der Waals surface area contributed by atoms with E-state index in [1.807, 2.05) is 56.1 Å². The molecule has 0 saturated carbocycles. The second-order valence-electron chi connectivity index (χ2n) is 7.93. The first-order chi connectivity index (χ1) is 15.2. The average molecular weight is 546 g/mol. The lowest BCUT2D eigenvalue weighted by Crippen LogP contribution is -2.48. The Morgan fingerprint density at radius 2 is 2.03 bits per heavy atom. The standard InChI is InChI=1S/C24H30N6O.HI/c1-19-10-13-29(16-22(19)30-14-12-26-18-30)24(25-2)28-15-21-9-6-11-27-23(21)31-17-20-7-4-3-5-8-20;/h3-9,11-12,14,18-19,22H,10,13,15-17H2,1-2H3,(H,25,28);1H. The molecule has 1 saturated heterocycles. The molecule has 8 heteroatoms. The quantitative estimate of drug-likeness (QED) is 0.286. The van der Waals surface area contributed by atoms with Crippen molar-refractivity contribution in [3.05, 3.63) is 78.5 Å². The minimum Gasteiger partial charge on any atom is -0.473 e. The number of guanidine groups is 1. The van der Waals surface area contributed by atoms with Gasteiger partial charge in [-0.15, -0.1) is 24.0 Å². The summed E-state index contributed by atoms with van der Waals surface area (Å²) in [6, 6.07) is 14.5. The highest BCUT2D eigenvalue weighted by molar-refractivity contribution is 14.0. The smallest absolute Gasteiger partial charge is 0.218 e. The second-order valence-corrected chi connectivity index (χ2v) is 7.93. The molecule has 0 spiro atoms. The summed E-state index contributed by atoms with van der Waals surface area (Å²) in [6.45, 7) is 5.30. The fraction of sp³-hybridized carbons (Fsp3) is 0.375. The lowest BCUT2D eigenvalue weighted by Gasteiger charge is -2.39. The van der Waals surface area contributed by atoms with E-state index in [4.69, 9.17) is 4.74 Å². The van der Waals surface area contributed by atoms with Crippen LogP contribution in [0.5, 0.6) is 5.88 Å². The van der Waals surface area contributed by atoms with Crippen molar-refractivity contribution in [1.29, 1.82) is 0 Å². The van der Waals surface area contributed by atoms with Gasteiger partial charge in [-0.3, -0.25) is 4.99 Å². The fourth-order valence-electron chi connectivity index (χ4n) is 4.02. The number of likely N-dealkylation sites (tertiary alicyclic amines) is 1. The van der Waals surface area contributed by atoms with E-state index in [1.54, 1.807) is 6.20 Å². The fourth-order valence-corrected chi connectivity index (χ4v) is 4.02. The molecule has 32 heavy (non-hydrogen) atoms. The highest BCUT2D eigenvalue weighted by Gasteiger charge is 2.28. The molecule has 2 atom stereocenters. The third-order valence-electron chi connectivity index (χ3n) is 5.84. The lowest BCUT2D eigenvalue weighted by molar-refractivity contribution is 0.189. The summed E-state index contributed by atoms with van der Waals surface area (Å²) in [5.74, 6) is 2.15. The zero-order chi connectivity index (χ0) is 21.5. The summed E-state index contributed by atoms with van der Waals surface area (Å²) in [4.78, 5) is 15.5. The normalized spacial score (nSPS) is 18.7. The molecule has 2 unspecified atom stereocenters. The number of hydrogen-bond donors (Lipinski definition) is 1. The van der Waals surface area contributed by atoms with Crippen molar-refractivity contribution < 1.29 is 4.74 Å². The Bertz CT molecular complexity index is 979. The molecular weight excluding hydrogens is 515 g/mol. The summed E-state index contributed by atoms with van der Waals surface area (Å²) < 4.78 is 8.21. The number of nitrogens with zero attached hydrogens (tertiary/aromatic N) is 5. The van der Waals surface area contributed by atoms with Gasteiger partial charge in [0.15, 0.2) is 5.96 Å². The number of imidazole rings is 1. The largest absolute Gasteiger partial charge is 0.473 e. The zero-order valence-electron chi connectivity index (χ0n) is 18.6. The van der Waals surface area contributed by atoms with Crippen LogP contribution in [-0.4, -0.2) is 45.5 Å². The molecule has 3 aromatic rings. The summed E-state index contributed by atoms with van der Waals surface area (Å²) in [5.41, 5.74) is 2.13. The molecule has 2 aromatic heterocycles. The van der Waals surface area contributed by atoms with E-state index in [2.05, 4.69) is 48.8 Å². The highest BCUT2D eigenvalue weighted by Crippen LogP contribution is 2.27. The molecule has 1 aliphatic rings. The van der Waals surface area contributed by atoms with Gasteiger partial charge in [0.2, 0.25) is 5.88 Å². The first-order valence-electron chi connectivity index (χ1n) is 10.8. The first-order valence-corrected chi connectivity index (χ1v) is 10.8. The minimum absolute atomic E-state index is 0.